The number of Topliss-reactive ketones (excluding diaryl/α,β-unsaturated/α-hetero) is 1. The van der Waals surface area contributed by atoms with Crippen LogP contribution in [0.3, 0.4) is 0 Å². The van der Waals surface area contributed by atoms with Gasteiger partial charge in [-0.1, -0.05) is 47.6 Å². The molecule has 34 heavy (non-hydrogen) atoms. The van der Waals surface area contributed by atoms with Crippen molar-refractivity contribution in [3.8, 4) is 22.8 Å². The molecule has 0 aliphatic heterocycles. The monoisotopic (exact) mass is 500 g/mol. The first-order valence-electron chi connectivity index (χ1n) is 10.4. The summed E-state index contributed by atoms with van der Waals surface area (Å²) in [6, 6.07) is 13.7. The molecule has 0 saturated carbocycles. The molecule has 0 aliphatic carbocycles. The van der Waals surface area contributed by atoms with Gasteiger partial charge in [-0.05, 0) is 43.7 Å². The maximum atomic E-state index is 13.3. The minimum atomic E-state index is -0.862. The lowest BCUT2D eigenvalue weighted by Crippen LogP contribution is -2.16. The van der Waals surface area contributed by atoms with E-state index in [0.29, 0.717) is 50.6 Å². The first kappa shape index (κ1) is 25.6. The van der Waals surface area contributed by atoms with Crippen molar-refractivity contribution in [1.29, 1.82) is 10.8 Å². The predicted molar refractivity (Wildman–Crippen MR) is 135 cm³/mol. The molecule has 0 aliphatic rings. The summed E-state index contributed by atoms with van der Waals surface area (Å²) in [5.74, 6) is 1.13. The summed E-state index contributed by atoms with van der Waals surface area (Å²) in [4.78, 5) is 13.3. The van der Waals surface area contributed by atoms with E-state index in [1.807, 2.05) is 6.92 Å². The molecule has 178 valence electrons. The van der Waals surface area contributed by atoms with Crippen molar-refractivity contribution in [2.75, 3.05) is 20.8 Å². The number of nitrogens with one attached hydrogen (secondary N) is 2. The van der Waals surface area contributed by atoms with Crippen molar-refractivity contribution in [2.45, 2.75) is 20.0 Å². The second-order valence-electron chi connectivity index (χ2n) is 7.17. The van der Waals surface area contributed by atoms with Crippen LogP contribution in [0.2, 0.25) is 5.02 Å². The van der Waals surface area contributed by atoms with Crippen LogP contribution in [0.4, 0.5) is 0 Å². The number of hydrogen-bond donors (Lipinski definition) is 2. The van der Waals surface area contributed by atoms with Gasteiger partial charge >= 0.3 is 0 Å². The Hall–Kier alpha value is -3.07. The smallest absolute Gasteiger partial charge is 0.231 e. The molecule has 1 atom stereocenters. The second-order valence-corrected chi connectivity index (χ2v) is 8.77. The molecule has 0 radical (unpaired) electrons. The molecule has 3 rings (SSSR count). The SMILES string of the molecule is CCOC(C(=O)c1ccc(-c2cc(OC)c(Cl)c(OC)c2)o1)c1ccc(C(=N)SC(C)=N)cc1. The fraction of sp³-hybridized carbons (Fsp3) is 0.240. The highest BCUT2D eigenvalue weighted by Gasteiger charge is 2.26. The third-order valence-electron chi connectivity index (χ3n) is 4.88. The van der Waals surface area contributed by atoms with Gasteiger partial charge in [-0.15, -0.1) is 0 Å². The maximum absolute atomic E-state index is 13.3. The lowest BCUT2D eigenvalue weighted by Gasteiger charge is -2.16. The third kappa shape index (κ3) is 5.70. The fourth-order valence-corrected chi connectivity index (χ4v) is 4.10. The van der Waals surface area contributed by atoms with Crippen molar-refractivity contribution in [3.63, 3.8) is 0 Å². The number of carbonyl (C=O) groups excluding carboxylic acids is 1. The van der Waals surface area contributed by atoms with E-state index in [-0.39, 0.29) is 16.6 Å². The largest absolute Gasteiger partial charge is 0.495 e. The molecule has 0 bridgehead atoms. The molecule has 7 nitrogen and oxygen atoms in total. The van der Waals surface area contributed by atoms with Crippen molar-refractivity contribution in [2.24, 2.45) is 0 Å². The minimum absolute atomic E-state index is 0.146. The summed E-state index contributed by atoms with van der Waals surface area (Å²) >= 11 is 7.32. The van der Waals surface area contributed by atoms with Crippen molar-refractivity contribution < 1.29 is 23.4 Å². The summed E-state index contributed by atoms with van der Waals surface area (Å²) in [6.45, 7) is 3.77. The average molecular weight is 501 g/mol. The number of ketones is 1. The molecule has 3 aromatic rings. The molecular formula is C25H25ClN2O5S. The van der Waals surface area contributed by atoms with Crippen LogP contribution in [0, 0.1) is 10.8 Å². The number of furan rings is 1. The van der Waals surface area contributed by atoms with Gasteiger partial charge < -0.3 is 18.6 Å². The molecule has 0 fully saturated rings. The zero-order valence-corrected chi connectivity index (χ0v) is 20.8. The number of benzene rings is 2. The van der Waals surface area contributed by atoms with Crippen LogP contribution in [0.1, 0.15) is 41.6 Å². The van der Waals surface area contributed by atoms with Crippen LogP contribution in [0.25, 0.3) is 11.3 Å². The van der Waals surface area contributed by atoms with Gasteiger partial charge in [0.1, 0.15) is 33.4 Å². The highest BCUT2D eigenvalue weighted by molar-refractivity contribution is 8.26. The third-order valence-corrected chi connectivity index (χ3v) is 6.00. The van der Waals surface area contributed by atoms with E-state index in [1.165, 1.54) is 14.2 Å². The molecule has 1 aromatic heterocycles. The van der Waals surface area contributed by atoms with Gasteiger partial charge in [0.25, 0.3) is 0 Å². The fourth-order valence-electron chi connectivity index (χ4n) is 3.28. The van der Waals surface area contributed by atoms with Crippen molar-refractivity contribution in [1.82, 2.24) is 0 Å². The molecule has 9 heteroatoms. The molecule has 0 amide bonds. The van der Waals surface area contributed by atoms with Crippen LogP contribution in [-0.2, 0) is 4.74 Å². The van der Waals surface area contributed by atoms with Gasteiger partial charge in [0.2, 0.25) is 5.78 Å². The van der Waals surface area contributed by atoms with Crippen LogP contribution in [0.15, 0.2) is 52.9 Å². The van der Waals surface area contributed by atoms with Gasteiger partial charge in [-0.2, -0.15) is 0 Å². The number of carbonyl (C=O) groups is 1. The molecule has 0 saturated heterocycles. The van der Waals surface area contributed by atoms with E-state index < -0.39 is 6.10 Å². The van der Waals surface area contributed by atoms with E-state index in [2.05, 4.69) is 0 Å². The maximum Gasteiger partial charge on any atom is 0.231 e. The summed E-state index contributed by atoms with van der Waals surface area (Å²) < 4.78 is 22.3. The quantitative estimate of drug-likeness (QED) is 0.194. The first-order valence-corrected chi connectivity index (χ1v) is 11.6. The van der Waals surface area contributed by atoms with Gasteiger partial charge in [-0.3, -0.25) is 15.6 Å². The predicted octanol–water partition coefficient (Wildman–Crippen LogP) is 6.63. The van der Waals surface area contributed by atoms with Gasteiger partial charge in [0.05, 0.1) is 19.3 Å². The van der Waals surface area contributed by atoms with Gasteiger partial charge in [0.15, 0.2) is 5.76 Å². The van der Waals surface area contributed by atoms with Gasteiger partial charge in [0, 0.05) is 17.7 Å². The minimum Gasteiger partial charge on any atom is -0.495 e. The summed E-state index contributed by atoms with van der Waals surface area (Å²) in [5, 5.41) is 16.6. The summed E-state index contributed by atoms with van der Waals surface area (Å²) in [6.07, 6.45) is -0.862. The van der Waals surface area contributed by atoms with E-state index in [0.717, 1.165) is 11.8 Å². The van der Waals surface area contributed by atoms with Crippen LogP contribution in [-0.4, -0.2) is 36.7 Å². The highest BCUT2D eigenvalue weighted by atomic mass is 35.5. The van der Waals surface area contributed by atoms with E-state index in [1.54, 1.807) is 55.5 Å². The zero-order chi connectivity index (χ0) is 24.8. The van der Waals surface area contributed by atoms with Crippen molar-refractivity contribution >= 4 is 39.2 Å². The number of methoxy groups -OCH3 is 2. The number of hydrogen-bond acceptors (Lipinski definition) is 8. The first-order chi connectivity index (χ1) is 16.3. The Labute approximate surface area is 207 Å². The Balaban J connectivity index is 1.88. The number of ether oxygens (including phenoxy) is 3. The normalized spacial score (nSPS) is 11.7. The van der Waals surface area contributed by atoms with E-state index >= 15 is 0 Å². The molecular weight excluding hydrogens is 476 g/mol. The molecule has 2 N–H and O–H groups in total. The Bertz CT molecular complexity index is 1180. The molecule has 1 heterocycles. The van der Waals surface area contributed by atoms with Crippen LogP contribution >= 0.6 is 23.4 Å². The zero-order valence-electron chi connectivity index (χ0n) is 19.2. The lowest BCUT2D eigenvalue weighted by molar-refractivity contribution is 0.0428. The van der Waals surface area contributed by atoms with Crippen LogP contribution < -0.4 is 9.47 Å². The standard InChI is InChI=1S/C25H25ClN2O5S/c1-5-32-24(15-6-8-16(9-7-15)25(28)34-14(2)27)23(29)19-11-10-18(33-19)17-12-20(30-3)22(26)21(13-17)31-4/h6-13,24,27-28H,5H2,1-4H3. The van der Waals surface area contributed by atoms with Crippen molar-refractivity contribution in [3.05, 3.63) is 70.4 Å². The summed E-state index contributed by atoms with van der Waals surface area (Å²) in [5.41, 5.74) is 1.95. The number of halogens is 1. The Morgan fingerprint density at radius 1 is 1.06 bits per heavy atom. The lowest BCUT2D eigenvalue weighted by atomic mass is 10.0. The summed E-state index contributed by atoms with van der Waals surface area (Å²) in [7, 11) is 3.01. The molecule has 0 spiro atoms. The highest BCUT2D eigenvalue weighted by Crippen LogP contribution is 2.39. The van der Waals surface area contributed by atoms with E-state index in [9.17, 15) is 4.79 Å². The number of thioether (sulfide) groups is 1. The topological polar surface area (TPSA) is 106 Å². The Morgan fingerprint density at radius 3 is 2.21 bits per heavy atom. The molecule has 1 unspecified atom stereocenters. The van der Waals surface area contributed by atoms with Crippen LogP contribution in [0.5, 0.6) is 11.5 Å². The van der Waals surface area contributed by atoms with E-state index in [4.69, 9.17) is 41.0 Å². The Kier molecular flexibility index (Phi) is 8.55. The average Bonchev–Trinajstić information content (AvgIpc) is 3.32. The second kappa shape index (κ2) is 11.4. The number of rotatable bonds is 9. The molecule has 2 aromatic carbocycles. The Morgan fingerprint density at radius 2 is 1.68 bits per heavy atom. The van der Waals surface area contributed by atoms with Gasteiger partial charge in [-0.25, -0.2) is 0 Å².